The van der Waals surface area contributed by atoms with Crippen LogP contribution in [0.1, 0.15) is 31.9 Å². The van der Waals surface area contributed by atoms with Gasteiger partial charge in [-0.1, -0.05) is 12.1 Å². The molecule has 1 aliphatic heterocycles. The number of hydrogen-bond acceptors (Lipinski definition) is 1. The minimum Gasteiger partial charge on any atom is -0.305 e. The van der Waals surface area contributed by atoms with Crippen molar-refractivity contribution >= 4 is 0 Å². The fourth-order valence-corrected chi connectivity index (χ4v) is 1.89. The van der Waals surface area contributed by atoms with Crippen LogP contribution >= 0.6 is 0 Å². The molecule has 0 aliphatic carbocycles. The molecule has 1 N–H and O–H groups in total. The van der Waals surface area contributed by atoms with Crippen LogP contribution in [0, 0.1) is 5.82 Å². The molecular weight excluding hydrogens is 165 g/mol. The highest BCUT2D eigenvalue weighted by atomic mass is 19.1. The maximum absolute atomic E-state index is 12.9. The molecule has 2 rings (SSSR count). The zero-order chi connectivity index (χ0) is 9.47. The lowest BCUT2D eigenvalue weighted by atomic mass is 9.81. The fraction of sp³-hybridized carbons (Fsp3) is 0.455. The van der Waals surface area contributed by atoms with Crippen molar-refractivity contribution < 1.29 is 4.39 Å². The first kappa shape index (κ1) is 8.70. The number of rotatable bonds is 1. The van der Waals surface area contributed by atoms with E-state index in [-0.39, 0.29) is 11.4 Å². The molecule has 1 fully saturated rings. The molecule has 1 aromatic carbocycles. The molecular formula is C11H14FN. The molecule has 0 bridgehead atoms. The highest BCUT2D eigenvalue weighted by Crippen LogP contribution is 2.34. The maximum Gasteiger partial charge on any atom is 0.123 e. The smallest absolute Gasteiger partial charge is 0.123 e. The van der Waals surface area contributed by atoms with E-state index in [0.717, 1.165) is 12.0 Å². The standard InChI is InChI=1S/C11H14FN/c1-11(2)7-10(13-11)8-4-3-5-9(12)6-8/h3-6,10,13H,7H2,1-2H3. The van der Waals surface area contributed by atoms with Gasteiger partial charge >= 0.3 is 0 Å². The highest BCUT2D eigenvalue weighted by Gasteiger charge is 2.35. The molecule has 1 unspecified atom stereocenters. The summed E-state index contributed by atoms with van der Waals surface area (Å²) in [5, 5.41) is 3.40. The molecule has 0 amide bonds. The topological polar surface area (TPSA) is 12.0 Å². The molecule has 1 saturated heterocycles. The highest BCUT2D eigenvalue weighted by molar-refractivity contribution is 5.24. The molecule has 1 atom stereocenters. The van der Waals surface area contributed by atoms with E-state index in [1.54, 1.807) is 12.1 Å². The van der Waals surface area contributed by atoms with Gasteiger partial charge in [-0.15, -0.1) is 0 Å². The molecule has 70 valence electrons. The van der Waals surface area contributed by atoms with E-state index in [2.05, 4.69) is 19.2 Å². The Balaban J connectivity index is 2.11. The van der Waals surface area contributed by atoms with Crippen molar-refractivity contribution in [3.63, 3.8) is 0 Å². The third-order valence-electron chi connectivity index (χ3n) is 2.53. The Bertz CT molecular complexity index is 312. The van der Waals surface area contributed by atoms with Crippen molar-refractivity contribution in [3.05, 3.63) is 35.6 Å². The van der Waals surface area contributed by atoms with E-state index in [0.29, 0.717) is 6.04 Å². The van der Waals surface area contributed by atoms with Gasteiger partial charge in [0.05, 0.1) is 0 Å². The summed E-state index contributed by atoms with van der Waals surface area (Å²) < 4.78 is 12.9. The summed E-state index contributed by atoms with van der Waals surface area (Å²) in [5.74, 6) is -0.149. The van der Waals surface area contributed by atoms with E-state index in [4.69, 9.17) is 0 Å². The molecule has 0 saturated carbocycles. The first-order valence-electron chi connectivity index (χ1n) is 4.60. The molecule has 0 spiro atoms. The predicted molar refractivity (Wildman–Crippen MR) is 51.0 cm³/mol. The van der Waals surface area contributed by atoms with Crippen molar-refractivity contribution in [1.82, 2.24) is 5.32 Å². The van der Waals surface area contributed by atoms with Gasteiger partial charge in [0.1, 0.15) is 5.82 Å². The van der Waals surface area contributed by atoms with Gasteiger partial charge in [-0.05, 0) is 38.0 Å². The summed E-state index contributed by atoms with van der Waals surface area (Å²) in [6.07, 6.45) is 1.08. The molecule has 1 aromatic rings. The van der Waals surface area contributed by atoms with Gasteiger partial charge in [0.2, 0.25) is 0 Å². The molecule has 1 heterocycles. The van der Waals surface area contributed by atoms with E-state index >= 15 is 0 Å². The lowest BCUT2D eigenvalue weighted by Crippen LogP contribution is -2.54. The minimum absolute atomic E-state index is 0.149. The van der Waals surface area contributed by atoms with Crippen molar-refractivity contribution in [2.75, 3.05) is 0 Å². The van der Waals surface area contributed by atoms with Crippen LogP contribution in [0.4, 0.5) is 4.39 Å². The Kier molecular flexibility index (Phi) is 1.88. The second-order valence-corrected chi connectivity index (χ2v) is 4.34. The van der Waals surface area contributed by atoms with E-state index in [1.807, 2.05) is 6.07 Å². The van der Waals surface area contributed by atoms with Gasteiger partial charge in [0, 0.05) is 11.6 Å². The second-order valence-electron chi connectivity index (χ2n) is 4.34. The van der Waals surface area contributed by atoms with E-state index in [9.17, 15) is 4.39 Å². The summed E-state index contributed by atoms with van der Waals surface area (Å²) in [5.41, 5.74) is 1.27. The Morgan fingerprint density at radius 1 is 1.46 bits per heavy atom. The SMILES string of the molecule is CC1(C)CC(c2cccc(F)c2)N1. The monoisotopic (exact) mass is 179 g/mol. The van der Waals surface area contributed by atoms with E-state index in [1.165, 1.54) is 6.07 Å². The summed E-state index contributed by atoms with van der Waals surface area (Å²) in [6, 6.07) is 7.15. The van der Waals surface area contributed by atoms with Crippen molar-refractivity contribution in [3.8, 4) is 0 Å². The third kappa shape index (κ3) is 1.73. The normalized spacial score (nSPS) is 25.3. The summed E-state index contributed by atoms with van der Waals surface area (Å²) in [7, 11) is 0. The number of halogens is 1. The van der Waals surface area contributed by atoms with Crippen LogP contribution in [0.25, 0.3) is 0 Å². The molecule has 13 heavy (non-hydrogen) atoms. The zero-order valence-electron chi connectivity index (χ0n) is 7.97. The second kappa shape index (κ2) is 2.81. The summed E-state index contributed by atoms with van der Waals surface area (Å²) >= 11 is 0. The Morgan fingerprint density at radius 3 is 2.69 bits per heavy atom. The largest absolute Gasteiger partial charge is 0.305 e. The van der Waals surface area contributed by atoms with Crippen LogP contribution in [0.15, 0.2) is 24.3 Å². The van der Waals surface area contributed by atoms with Gasteiger partial charge in [-0.25, -0.2) is 4.39 Å². The predicted octanol–water partition coefficient (Wildman–Crippen LogP) is 2.64. The van der Waals surface area contributed by atoms with Crippen LogP contribution in [-0.2, 0) is 0 Å². The Hall–Kier alpha value is -0.890. The van der Waals surface area contributed by atoms with Crippen LogP contribution in [0.3, 0.4) is 0 Å². The van der Waals surface area contributed by atoms with Gasteiger partial charge < -0.3 is 5.32 Å². The van der Waals surface area contributed by atoms with Crippen LogP contribution in [0.2, 0.25) is 0 Å². The van der Waals surface area contributed by atoms with Gasteiger partial charge in [0.25, 0.3) is 0 Å². The van der Waals surface area contributed by atoms with Crippen LogP contribution in [-0.4, -0.2) is 5.54 Å². The minimum atomic E-state index is -0.149. The molecule has 1 aliphatic rings. The van der Waals surface area contributed by atoms with Crippen molar-refractivity contribution in [2.45, 2.75) is 31.8 Å². The first-order valence-corrected chi connectivity index (χ1v) is 4.60. The van der Waals surface area contributed by atoms with E-state index < -0.39 is 0 Å². The molecule has 0 aromatic heterocycles. The van der Waals surface area contributed by atoms with Gasteiger partial charge in [-0.3, -0.25) is 0 Å². The number of benzene rings is 1. The molecule has 2 heteroatoms. The number of nitrogens with one attached hydrogen (secondary N) is 1. The van der Waals surface area contributed by atoms with Crippen LogP contribution < -0.4 is 5.32 Å². The summed E-state index contributed by atoms with van der Waals surface area (Å²) in [4.78, 5) is 0. The average Bonchev–Trinajstić information content (AvgIpc) is 2.00. The lowest BCUT2D eigenvalue weighted by Gasteiger charge is -2.44. The summed E-state index contributed by atoms with van der Waals surface area (Å²) in [6.45, 7) is 4.31. The van der Waals surface area contributed by atoms with Gasteiger partial charge in [-0.2, -0.15) is 0 Å². The zero-order valence-corrected chi connectivity index (χ0v) is 7.97. The lowest BCUT2D eigenvalue weighted by molar-refractivity contribution is 0.177. The molecule has 0 radical (unpaired) electrons. The Morgan fingerprint density at radius 2 is 2.15 bits per heavy atom. The first-order chi connectivity index (χ1) is 6.07. The quantitative estimate of drug-likeness (QED) is 0.698. The third-order valence-corrected chi connectivity index (χ3v) is 2.53. The molecule has 1 nitrogen and oxygen atoms in total. The maximum atomic E-state index is 12.9. The average molecular weight is 179 g/mol. The van der Waals surface area contributed by atoms with Crippen molar-refractivity contribution in [2.24, 2.45) is 0 Å². The number of hydrogen-bond donors (Lipinski definition) is 1. The van der Waals surface area contributed by atoms with Crippen LogP contribution in [0.5, 0.6) is 0 Å². The fourth-order valence-electron chi connectivity index (χ4n) is 1.89. The van der Waals surface area contributed by atoms with Gasteiger partial charge in [0.15, 0.2) is 0 Å². The Labute approximate surface area is 78.0 Å². The van der Waals surface area contributed by atoms with Crippen molar-refractivity contribution in [1.29, 1.82) is 0 Å².